The Bertz CT molecular complexity index is 411. The molecule has 0 unspecified atom stereocenters. The Morgan fingerprint density at radius 1 is 1.33 bits per heavy atom. The van der Waals surface area contributed by atoms with Crippen LogP contribution in [-0.2, 0) is 11.3 Å². The summed E-state index contributed by atoms with van der Waals surface area (Å²) >= 11 is 1.77. The topological polar surface area (TPSA) is 28.6 Å². The van der Waals surface area contributed by atoms with E-state index in [1.54, 1.807) is 11.3 Å². The van der Waals surface area contributed by atoms with Crippen molar-refractivity contribution in [2.45, 2.75) is 45.3 Å². The third kappa shape index (κ3) is 4.03. The summed E-state index contributed by atoms with van der Waals surface area (Å²) in [5, 5.41) is 3.31. The SMILES string of the molecule is CC(C)CN(C1CCOCC1)C1CN(Cc2nccs2)C1. The number of nitrogens with zero attached hydrogens (tertiary/aromatic N) is 3. The average molecular weight is 309 g/mol. The van der Waals surface area contributed by atoms with Crippen LogP contribution in [0.15, 0.2) is 11.6 Å². The molecule has 0 spiro atoms. The Labute approximate surface area is 132 Å². The van der Waals surface area contributed by atoms with Crippen LogP contribution in [0.5, 0.6) is 0 Å². The first-order valence-corrected chi connectivity index (χ1v) is 9.04. The van der Waals surface area contributed by atoms with Crippen molar-refractivity contribution < 1.29 is 4.74 Å². The van der Waals surface area contributed by atoms with Gasteiger partial charge < -0.3 is 4.74 Å². The molecule has 3 heterocycles. The van der Waals surface area contributed by atoms with Gasteiger partial charge in [-0.05, 0) is 18.8 Å². The minimum atomic E-state index is 0.730. The van der Waals surface area contributed by atoms with E-state index >= 15 is 0 Å². The molecule has 0 radical (unpaired) electrons. The van der Waals surface area contributed by atoms with E-state index in [4.69, 9.17) is 4.74 Å². The molecule has 4 nitrogen and oxygen atoms in total. The Balaban J connectivity index is 1.52. The van der Waals surface area contributed by atoms with Gasteiger partial charge in [-0.3, -0.25) is 9.80 Å². The van der Waals surface area contributed by atoms with E-state index in [1.807, 2.05) is 6.20 Å². The monoisotopic (exact) mass is 309 g/mol. The summed E-state index contributed by atoms with van der Waals surface area (Å²) in [6.45, 7) is 11.2. The van der Waals surface area contributed by atoms with E-state index in [1.165, 1.54) is 37.5 Å². The highest BCUT2D eigenvalue weighted by Crippen LogP contribution is 2.25. The van der Waals surface area contributed by atoms with Gasteiger partial charge in [-0.1, -0.05) is 13.8 Å². The summed E-state index contributed by atoms with van der Waals surface area (Å²) in [6.07, 6.45) is 4.32. The highest BCUT2D eigenvalue weighted by molar-refractivity contribution is 7.09. The molecule has 118 valence electrons. The van der Waals surface area contributed by atoms with E-state index in [0.29, 0.717) is 0 Å². The molecule has 0 aliphatic carbocycles. The smallest absolute Gasteiger partial charge is 0.107 e. The molecule has 0 saturated carbocycles. The van der Waals surface area contributed by atoms with Crippen molar-refractivity contribution in [1.29, 1.82) is 0 Å². The molecule has 2 aliphatic rings. The fraction of sp³-hybridized carbons (Fsp3) is 0.812. The van der Waals surface area contributed by atoms with Gasteiger partial charge in [0.2, 0.25) is 0 Å². The first-order chi connectivity index (χ1) is 10.2. The van der Waals surface area contributed by atoms with Crippen molar-refractivity contribution in [3.8, 4) is 0 Å². The number of likely N-dealkylation sites (tertiary alicyclic amines) is 1. The van der Waals surface area contributed by atoms with Crippen molar-refractivity contribution in [3.63, 3.8) is 0 Å². The second kappa shape index (κ2) is 7.18. The van der Waals surface area contributed by atoms with E-state index in [0.717, 1.165) is 37.8 Å². The highest BCUT2D eigenvalue weighted by Gasteiger charge is 2.36. The lowest BCUT2D eigenvalue weighted by molar-refractivity contribution is -0.0383. The van der Waals surface area contributed by atoms with Crippen LogP contribution < -0.4 is 0 Å². The quantitative estimate of drug-likeness (QED) is 0.807. The molecule has 3 rings (SSSR count). The summed E-state index contributed by atoms with van der Waals surface area (Å²) in [5.41, 5.74) is 0. The number of hydrogen-bond donors (Lipinski definition) is 0. The third-order valence-corrected chi connectivity index (χ3v) is 5.25. The molecule has 0 atom stereocenters. The van der Waals surface area contributed by atoms with E-state index in [-0.39, 0.29) is 0 Å². The summed E-state index contributed by atoms with van der Waals surface area (Å²) in [6, 6.07) is 1.46. The number of ether oxygens (including phenoxy) is 1. The fourth-order valence-electron chi connectivity index (χ4n) is 3.44. The van der Waals surface area contributed by atoms with Crippen molar-refractivity contribution in [3.05, 3.63) is 16.6 Å². The van der Waals surface area contributed by atoms with Crippen LogP contribution in [0.4, 0.5) is 0 Å². The van der Waals surface area contributed by atoms with Crippen molar-refractivity contribution in [2.24, 2.45) is 5.92 Å². The Morgan fingerprint density at radius 3 is 2.71 bits per heavy atom. The zero-order valence-corrected chi connectivity index (χ0v) is 14.0. The standard InChI is InChI=1S/C16H27N3OS/c1-13(2)9-19(14-3-6-20-7-4-14)15-10-18(11-15)12-16-17-5-8-21-16/h5,8,13-15H,3-4,6-7,9-12H2,1-2H3. The van der Waals surface area contributed by atoms with Crippen molar-refractivity contribution >= 4 is 11.3 Å². The van der Waals surface area contributed by atoms with Gasteiger partial charge in [-0.2, -0.15) is 0 Å². The lowest BCUT2D eigenvalue weighted by atomic mass is 9.98. The van der Waals surface area contributed by atoms with Gasteiger partial charge in [0.25, 0.3) is 0 Å². The lowest BCUT2D eigenvalue weighted by Gasteiger charge is -2.49. The second-order valence-corrected chi connectivity index (χ2v) is 7.69. The molecule has 0 N–H and O–H groups in total. The number of aromatic nitrogens is 1. The Kier molecular flexibility index (Phi) is 5.27. The molecular formula is C16H27N3OS. The zero-order chi connectivity index (χ0) is 14.7. The predicted octanol–water partition coefficient (Wildman–Crippen LogP) is 2.46. The summed E-state index contributed by atoms with van der Waals surface area (Å²) < 4.78 is 5.53. The van der Waals surface area contributed by atoms with Crippen LogP contribution in [0.25, 0.3) is 0 Å². The normalized spacial score (nSPS) is 22.1. The molecule has 0 amide bonds. The van der Waals surface area contributed by atoms with Crippen LogP contribution in [-0.4, -0.2) is 59.7 Å². The number of rotatable bonds is 6. The van der Waals surface area contributed by atoms with Gasteiger partial charge in [0, 0.05) is 56.5 Å². The molecule has 21 heavy (non-hydrogen) atoms. The molecule has 2 fully saturated rings. The van der Waals surface area contributed by atoms with Gasteiger partial charge in [-0.15, -0.1) is 11.3 Å². The average Bonchev–Trinajstić information content (AvgIpc) is 2.94. The second-order valence-electron chi connectivity index (χ2n) is 6.71. The van der Waals surface area contributed by atoms with Crippen LogP contribution in [0, 0.1) is 5.92 Å². The van der Waals surface area contributed by atoms with Gasteiger partial charge in [0.15, 0.2) is 0 Å². The lowest BCUT2D eigenvalue weighted by Crippen LogP contribution is -2.62. The van der Waals surface area contributed by atoms with Gasteiger partial charge in [0.1, 0.15) is 5.01 Å². The highest BCUT2D eigenvalue weighted by atomic mass is 32.1. The molecule has 1 aromatic rings. The molecule has 1 aromatic heterocycles. The first-order valence-electron chi connectivity index (χ1n) is 8.16. The first kappa shape index (κ1) is 15.4. The molecule has 0 bridgehead atoms. The van der Waals surface area contributed by atoms with Crippen LogP contribution >= 0.6 is 11.3 Å². The fourth-order valence-corrected chi connectivity index (χ4v) is 4.10. The van der Waals surface area contributed by atoms with Crippen LogP contribution in [0.2, 0.25) is 0 Å². The van der Waals surface area contributed by atoms with E-state index in [9.17, 15) is 0 Å². The predicted molar refractivity (Wildman–Crippen MR) is 86.6 cm³/mol. The summed E-state index contributed by atoms with van der Waals surface area (Å²) in [5.74, 6) is 0.737. The van der Waals surface area contributed by atoms with Gasteiger partial charge >= 0.3 is 0 Å². The van der Waals surface area contributed by atoms with Crippen LogP contribution in [0.3, 0.4) is 0 Å². The van der Waals surface area contributed by atoms with Crippen LogP contribution in [0.1, 0.15) is 31.7 Å². The maximum absolute atomic E-state index is 5.53. The minimum absolute atomic E-state index is 0.730. The van der Waals surface area contributed by atoms with Gasteiger partial charge in [0.05, 0.1) is 6.54 Å². The minimum Gasteiger partial charge on any atom is -0.381 e. The summed E-state index contributed by atoms with van der Waals surface area (Å²) in [4.78, 5) is 9.69. The Morgan fingerprint density at radius 2 is 2.10 bits per heavy atom. The number of hydrogen-bond acceptors (Lipinski definition) is 5. The molecule has 5 heteroatoms. The van der Waals surface area contributed by atoms with E-state index in [2.05, 4.69) is 34.0 Å². The maximum atomic E-state index is 5.53. The third-order valence-electron chi connectivity index (χ3n) is 4.49. The van der Waals surface area contributed by atoms with E-state index < -0.39 is 0 Å². The maximum Gasteiger partial charge on any atom is 0.107 e. The van der Waals surface area contributed by atoms with Crippen molar-refractivity contribution in [2.75, 3.05) is 32.8 Å². The molecule has 2 saturated heterocycles. The Hall–Kier alpha value is -0.490. The summed E-state index contributed by atoms with van der Waals surface area (Å²) in [7, 11) is 0. The van der Waals surface area contributed by atoms with Gasteiger partial charge in [-0.25, -0.2) is 4.98 Å². The zero-order valence-electron chi connectivity index (χ0n) is 13.2. The van der Waals surface area contributed by atoms with Crippen molar-refractivity contribution in [1.82, 2.24) is 14.8 Å². The molecule has 2 aliphatic heterocycles. The largest absolute Gasteiger partial charge is 0.381 e. The molecular weight excluding hydrogens is 282 g/mol. The molecule has 0 aromatic carbocycles. The number of thiazole rings is 1.